The van der Waals surface area contributed by atoms with Crippen LogP contribution in [-0.2, 0) is 0 Å². The van der Waals surface area contributed by atoms with Crippen LogP contribution in [0.15, 0.2) is 0 Å². The highest BCUT2D eigenvalue weighted by molar-refractivity contribution is 6.14. The molecule has 0 heterocycles. The standard InChI is InChI=1S/C8H14ClN.ClH/c1-4-5-6-7-8(2,3)10-9;/h10H,4-5H2,1-3H3;1H. The first-order valence-electron chi connectivity index (χ1n) is 3.50. The molecule has 0 aromatic carbocycles. The highest BCUT2D eigenvalue weighted by Gasteiger charge is 2.09. The van der Waals surface area contributed by atoms with Crippen molar-refractivity contribution in [2.45, 2.75) is 39.2 Å². The summed E-state index contributed by atoms with van der Waals surface area (Å²) in [5.41, 5.74) is -0.253. The summed E-state index contributed by atoms with van der Waals surface area (Å²) in [4.78, 5) is 2.60. The van der Waals surface area contributed by atoms with E-state index in [4.69, 9.17) is 11.8 Å². The molecule has 0 atom stereocenters. The van der Waals surface area contributed by atoms with Gasteiger partial charge in [0.15, 0.2) is 0 Å². The van der Waals surface area contributed by atoms with Gasteiger partial charge < -0.3 is 0 Å². The smallest absolute Gasteiger partial charge is 0.0880 e. The Bertz CT molecular complexity index is 144. The third-order valence-corrected chi connectivity index (χ3v) is 1.48. The third kappa shape index (κ3) is 8.00. The van der Waals surface area contributed by atoms with Crippen LogP contribution in [-0.4, -0.2) is 5.54 Å². The molecule has 0 radical (unpaired) electrons. The molecule has 0 aromatic heterocycles. The van der Waals surface area contributed by atoms with Gasteiger partial charge in [0.2, 0.25) is 0 Å². The molecule has 1 nitrogen and oxygen atoms in total. The van der Waals surface area contributed by atoms with Crippen molar-refractivity contribution in [2.24, 2.45) is 0 Å². The first-order valence-corrected chi connectivity index (χ1v) is 3.88. The zero-order valence-electron chi connectivity index (χ0n) is 7.20. The van der Waals surface area contributed by atoms with E-state index < -0.39 is 0 Å². The fraction of sp³-hybridized carbons (Fsp3) is 0.750. The van der Waals surface area contributed by atoms with Crippen LogP contribution in [0.2, 0.25) is 0 Å². The van der Waals surface area contributed by atoms with Gasteiger partial charge in [-0.25, -0.2) is 4.84 Å². The Kier molecular flexibility index (Phi) is 8.44. The topological polar surface area (TPSA) is 12.0 Å². The van der Waals surface area contributed by atoms with Crippen LogP contribution in [0.5, 0.6) is 0 Å². The average Bonchev–Trinajstić information content (AvgIpc) is 1.89. The van der Waals surface area contributed by atoms with E-state index in [1.165, 1.54) is 0 Å². The van der Waals surface area contributed by atoms with Crippen LogP contribution in [0.4, 0.5) is 0 Å². The van der Waals surface area contributed by atoms with Crippen molar-refractivity contribution < 1.29 is 0 Å². The molecule has 0 aliphatic heterocycles. The van der Waals surface area contributed by atoms with Crippen LogP contribution in [0.25, 0.3) is 0 Å². The van der Waals surface area contributed by atoms with E-state index in [9.17, 15) is 0 Å². The Morgan fingerprint density at radius 2 is 2.00 bits per heavy atom. The van der Waals surface area contributed by atoms with Crippen LogP contribution in [0.1, 0.15) is 33.6 Å². The molecule has 1 N–H and O–H groups in total. The van der Waals surface area contributed by atoms with Crippen molar-refractivity contribution >= 4 is 24.2 Å². The molecule has 11 heavy (non-hydrogen) atoms. The number of unbranched alkanes of at least 4 members (excludes halogenated alkanes) is 1. The molecule has 0 amide bonds. The summed E-state index contributed by atoms with van der Waals surface area (Å²) in [7, 11) is 0. The zero-order chi connectivity index (χ0) is 8.04. The number of hydrogen-bond acceptors (Lipinski definition) is 1. The Morgan fingerprint density at radius 3 is 2.36 bits per heavy atom. The maximum absolute atomic E-state index is 5.42. The van der Waals surface area contributed by atoms with Crippen LogP contribution in [0, 0.1) is 11.8 Å². The first-order chi connectivity index (χ1) is 4.62. The van der Waals surface area contributed by atoms with Gasteiger partial charge >= 0.3 is 0 Å². The lowest BCUT2D eigenvalue weighted by molar-refractivity contribution is 0.619. The van der Waals surface area contributed by atoms with Gasteiger partial charge in [-0.05, 0) is 32.0 Å². The number of rotatable bonds is 2. The minimum atomic E-state index is -0.253. The van der Waals surface area contributed by atoms with Gasteiger partial charge in [-0.1, -0.05) is 12.8 Å². The summed E-state index contributed by atoms with van der Waals surface area (Å²) in [6.45, 7) is 6.00. The maximum atomic E-state index is 5.42. The number of hydrogen-bond donors (Lipinski definition) is 1. The van der Waals surface area contributed by atoms with Gasteiger partial charge in [0.25, 0.3) is 0 Å². The van der Waals surface area contributed by atoms with Crippen molar-refractivity contribution in [1.29, 1.82) is 0 Å². The number of halogens is 2. The Balaban J connectivity index is 0. The second-order valence-corrected chi connectivity index (χ2v) is 2.96. The van der Waals surface area contributed by atoms with Gasteiger partial charge in [-0.2, -0.15) is 0 Å². The molecule has 0 aromatic rings. The summed E-state index contributed by atoms with van der Waals surface area (Å²) >= 11 is 5.42. The Morgan fingerprint density at radius 1 is 1.45 bits per heavy atom. The molecule has 66 valence electrons. The number of nitrogens with one attached hydrogen (secondary N) is 1. The predicted octanol–water partition coefficient (Wildman–Crippen LogP) is 2.73. The SMILES string of the molecule is CCCC#CC(C)(C)NCl.Cl. The van der Waals surface area contributed by atoms with E-state index in [2.05, 4.69) is 23.6 Å². The summed E-state index contributed by atoms with van der Waals surface area (Å²) in [5.74, 6) is 6.05. The van der Waals surface area contributed by atoms with E-state index in [1.807, 2.05) is 13.8 Å². The monoisotopic (exact) mass is 195 g/mol. The van der Waals surface area contributed by atoms with E-state index >= 15 is 0 Å². The molecular formula is C8H15Cl2N. The Hall–Kier alpha value is 0.100. The average molecular weight is 196 g/mol. The normalized spacial score (nSPS) is 9.45. The molecule has 0 saturated carbocycles. The van der Waals surface area contributed by atoms with Gasteiger partial charge in [-0.15, -0.1) is 18.3 Å². The van der Waals surface area contributed by atoms with Gasteiger partial charge in [0.1, 0.15) is 0 Å². The van der Waals surface area contributed by atoms with Gasteiger partial charge in [0.05, 0.1) is 5.54 Å². The van der Waals surface area contributed by atoms with E-state index in [1.54, 1.807) is 0 Å². The summed E-state index contributed by atoms with van der Waals surface area (Å²) in [6, 6.07) is 0. The fourth-order valence-electron chi connectivity index (χ4n) is 0.432. The maximum Gasteiger partial charge on any atom is 0.0880 e. The molecule has 0 spiro atoms. The highest BCUT2D eigenvalue weighted by atomic mass is 35.5. The largest absolute Gasteiger partial charge is 0.216 e. The highest BCUT2D eigenvalue weighted by Crippen LogP contribution is 2.00. The summed E-state index contributed by atoms with van der Waals surface area (Å²) < 4.78 is 0. The molecule has 0 saturated heterocycles. The zero-order valence-corrected chi connectivity index (χ0v) is 8.77. The van der Waals surface area contributed by atoms with Crippen molar-refractivity contribution in [3.05, 3.63) is 0 Å². The second-order valence-electron chi connectivity index (χ2n) is 2.77. The van der Waals surface area contributed by atoms with Gasteiger partial charge in [-0.3, -0.25) is 0 Å². The lowest BCUT2D eigenvalue weighted by Gasteiger charge is -2.12. The molecular weight excluding hydrogens is 181 g/mol. The molecule has 0 rings (SSSR count). The minimum absolute atomic E-state index is 0. The Labute approximate surface area is 80.4 Å². The molecule has 0 fully saturated rings. The van der Waals surface area contributed by atoms with E-state index in [-0.39, 0.29) is 17.9 Å². The molecule has 0 aliphatic rings. The lowest BCUT2D eigenvalue weighted by atomic mass is 10.1. The molecule has 3 heteroatoms. The van der Waals surface area contributed by atoms with Crippen molar-refractivity contribution in [1.82, 2.24) is 4.84 Å². The predicted molar refractivity (Wildman–Crippen MR) is 53.0 cm³/mol. The van der Waals surface area contributed by atoms with E-state index in [0.717, 1.165) is 12.8 Å². The van der Waals surface area contributed by atoms with Crippen LogP contribution >= 0.6 is 24.2 Å². The second kappa shape index (κ2) is 6.79. The van der Waals surface area contributed by atoms with E-state index in [0.29, 0.717) is 0 Å². The van der Waals surface area contributed by atoms with Crippen LogP contribution < -0.4 is 4.84 Å². The van der Waals surface area contributed by atoms with Crippen molar-refractivity contribution in [3.63, 3.8) is 0 Å². The third-order valence-electron chi connectivity index (χ3n) is 1.01. The van der Waals surface area contributed by atoms with Gasteiger partial charge in [0, 0.05) is 6.42 Å². The molecule has 0 aliphatic carbocycles. The lowest BCUT2D eigenvalue weighted by Crippen LogP contribution is -2.30. The first kappa shape index (κ1) is 13.7. The summed E-state index contributed by atoms with van der Waals surface area (Å²) in [6.07, 6.45) is 2.05. The molecule has 0 unspecified atom stereocenters. The van der Waals surface area contributed by atoms with Crippen LogP contribution in [0.3, 0.4) is 0 Å². The quantitative estimate of drug-likeness (QED) is 0.528. The summed E-state index contributed by atoms with van der Waals surface area (Å²) in [5, 5.41) is 0. The fourth-order valence-corrected chi connectivity index (χ4v) is 0.479. The van der Waals surface area contributed by atoms with Crippen molar-refractivity contribution in [3.8, 4) is 11.8 Å². The molecule has 0 bridgehead atoms. The van der Waals surface area contributed by atoms with Crippen molar-refractivity contribution in [2.75, 3.05) is 0 Å². The minimum Gasteiger partial charge on any atom is -0.216 e.